The fourth-order valence-electron chi connectivity index (χ4n) is 7.72. The summed E-state index contributed by atoms with van der Waals surface area (Å²) in [4.78, 5) is 31.3. The summed E-state index contributed by atoms with van der Waals surface area (Å²) in [6.45, 7) is 0. The first-order chi connectivity index (χ1) is 29.8. The monoisotopic (exact) mass is 842 g/mol. The van der Waals surface area contributed by atoms with Crippen molar-refractivity contribution in [3.05, 3.63) is 143 Å². The van der Waals surface area contributed by atoms with Gasteiger partial charge in [0.05, 0.1) is 59.7 Å². The number of aliphatic hydroxyl groups excluding tert-OH is 4. The molecule has 0 radical (unpaired) electrons. The number of carboxylic acids is 2. The zero-order chi connectivity index (χ0) is 43.9. The van der Waals surface area contributed by atoms with Crippen LogP contribution in [0.25, 0.3) is 56.2 Å². The van der Waals surface area contributed by atoms with E-state index in [9.17, 15) is 38.8 Å². The van der Waals surface area contributed by atoms with Crippen molar-refractivity contribution in [2.75, 3.05) is 0 Å². The summed E-state index contributed by atoms with van der Waals surface area (Å²) in [5.74, 6) is -2.20. The molecule has 2 aliphatic rings. The minimum Gasteiger partial charge on any atom is -0.481 e. The standard InChI is InChI=1S/2C25H24FNO4/c2*26-17-9-7-15(8-10-17)24-20-3-1-2-4-22(20)27-25(16-5-6-16)21(24)12-11-18(28)13-19(29)14-23(30)31/h2*1-4,7-12,16,18-19,28-29H,5-6,13-14H2,(H,30,31)/b2*12-11+/t2*18-,19-/m11/s1. The van der Waals surface area contributed by atoms with E-state index in [2.05, 4.69) is 0 Å². The molecule has 2 heterocycles. The molecule has 0 saturated heterocycles. The number of hydrogen-bond acceptors (Lipinski definition) is 8. The predicted octanol–water partition coefficient (Wildman–Crippen LogP) is 9.04. The number of aliphatic carboxylic acids is 2. The Labute approximate surface area is 357 Å². The minimum atomic E-state index is -1.13. The van der Waals surface area contributed by atoms with E-state index in [1.807, 2.05) is 48.5 Å². The zero-order valence-corrected chi connectivity index (χ0v) is 33.8. The van der Waals surface area contributed by atoms with E-state index in [0.717, 1.165) is 92.3 Å². The van der Waals surface area contributed by atoms with E-state index < -0.39 is 49.2 Å². The molecule has 8 rings (SSSR count). The van der Waals surface area contributed by atoms with Gasteiger partial charge in [0.15, 0.2) is 0 Å². The van der Waals surface area contributed by atoms with Gasteiger partial charge in [-0.15, -0.1) is 0 Å². The van der Waals surface area contributed by atoms with Crippen molar-refractivity contribution in [2.45, 2.75) is 87.6 Å². The lowest BCUT2D eigenvalue weighted by atomic mass is 9.92. The van der Waals surface area contributed by atoms with Gasteiger partial charge in [0.2, 0.25) is 0 Å². The third kappa shape index (κ3) is 11.2. The molecule has 2 aliphatic carbocycles. The molecular weight excluding hydrogens is 795 g/mol. The van der Waals surface area contributed by atoms with E-state index in [1.54, 1.807) is 48.6 Å². The van der Waals surface area contributed by atoms with Crippen LogP contribution in [0.4, 0.5) is 8.78 Å². The van der Waals surface area contributed by atoms with Crippen LogP contribution in [0, 0.1) is 11.6 Å². The lowest BCUT2D eigenvalue weighted by Crippen LogP contribution is -2.19. The molecule has 0 bridgehead atoms. The van der Waals surface area contributed by atoms with Crippen molar-refractivity contribution < 1.29 is 49.0 Å². The van der Waals surface area contributed by atoms with Crippen molar-refractivity contribution in [1.29, 1.82) is 0 Å². The Morgan fingerprint density at radius 2 is 0.919 bits per heavy atom. The van der Waals surface area contributed by atoms with Crippen LogP contribution < -0.4 is 0 Å². The molecule has 0 aliphatic heterocycles. The maximum atomic E-state index is 13.6. The maximum absolute atomic E-state index is 13.6. The Balaban J connectivity index is 0.000000186. The summed E-state index contributed by atoms with van der Waals surface area (Å²) in [7, 11) is 0. The lowest BCUT2D eigenvalue weighted by molar-refractivity contribution is -0.140. The molecule has 10 nitrogen and oxygen atoms in total. The third-order valence-electron chi connectivity index (χ3n) is 10.9. The second kappa shape index (κ2) is 19.7. The van der Waals surface area contributed by atoms with Gasteiger partial charge in [0.1, 0.15) is 11.6 Å². The first-order valence-corrected chi connectivity index (χ1v) is 20.7. The number of aliphatic hydroxyl groups is 4. The Hall–Kier alpha value is -6.18. The number of rotatable bonds is 16. The molecule has 12 heteroatoms. The van der Waals surface area contributed by atoms with Gasteiger partial charge >= 0.3 is 11.9 Å². The number of hydrogen-bond donors (Lipinski definition) is 6. The Morgan fingerprint density at radius 1 is 0.565 bits per heavy atom. The number of benzene rings is 4. The van der Waals surface area contributed by atoms with Crippen molar-refractivity contribution in [3.8, 4) is 22.3 Å². The topological polar surface area (TPSA) is 181 Å². The Morgan fingerprint density at radius 3 is 1.26 bits per heavy atom. The van der Waals surface area contributed by atoms with Crippen LogP contribution in [0.15, 0.2) is 109 Å². The lowest BCUT2D eigenvalue weighted by Gasteiger charge is -2.16. The van der Waals surface area contributed by atoms with Gasteiger partial charge in [-0.05, 0) is 73.2 Å². The number of nitrogens with zero attached hydrogens (tertiary/aromatic N) is 2. The van der Waals surface area contributed by atoms with Crippen molar-refractivity contribution in [3.63, 3.8) is 0 Å². The van der Waals surface area contributed by atoms with Gasteiger partial charge in [-0.2, -0.15) is 0 Å². The van der Waals surface area contributed by atoms with Crippen LogP contribution in [0.2, 0.25) is 0 Å². The normalized spacial score (nSPS) is 16.0. The fraction of sp³-hybridized carbons (Fsp3) is 0.280. The average molecular weight is 843 g/mol. The molecule has 2 saturated carbocycles. The molecule has 4 atom stereocenters. The maximum Gasteiger partial charge on any atom is 0.305 e. The van der Waals surface area contributed by atoms with Gasteiger partial charge in [-0.3, -0.25) is 19.6 Å². The van der Waals surface area contributed by atoms with E-state index in [1.165, 1.54) is 24.3 Å². The van der Waals surface area contributed by atoms with Crippen molar-refractivity contribution in [1.82, 2.24) is 9.97 Å². The average Bonchev–Trinajstić information content (AvgIpc) is 4.17. The van der Waals surface area contributed by atoms with Crippen LogP contribution >= 0.6 is 0 Å². The highest BCUT2D eigenvalue weighted by molar-refractivity contribution is 6.00. The molecular formula is C50H48F2N2O8. The number of halogens is 2. The minimum absolute atomic E-state index is 0.0749. The van der Waals surface area contributed by atoms with Gasteiger partial charge in [-0.25, -0.2) is 8.78 Å². The van der Waals surface area contributed by atoms with Crippen molar-refractivity contribution in [2.24, 2.45) is 0 Å². The second-order valence-electron chi connectivity index (χ2n) is 16.0. The Kier molecular flexibility index (Phi) is 13.9. The highest BCUT2D eigenvalue weighted by Gasteiger charge is 2.31. The summed E-state index contributed by atoms with van der Waals surface area (Å²) in [6.07, 6.45) is 5.60. The third-order valence-corrected chi connectivity index (χ3v) is 10.9. The number of carbonyl (C=O) groups is 2. The van der Waals surface area contributed by atoms with Gasteiger partial charge in [0, 0.05) is 57.7 Å². The smallest absolute Gasteiger partial charge is 0.305 e. The van der Waals surface area contributed by atoms with Crippen LogP contribution in [0.3, 0.4) is 0 Å². The first-order valence-electron chi connectivity index (χ1n) is 20.7. The number of carboxylic acid groups (broad SMARTS) is 2. The van der Waals surface area contributed by atoms with Crippen LogP contribution in [0.5, 0.6) is 0 Å². The van der Waals surface area contributed by atoms with Gasteiger partial charge in [-0.1, -0.05) is 85.0 Å². The summed E-state index contributed by atoms with van der Waals surface area (Å²) in [5, 5.41) is 59.8. The molecule has 6 N–H and O–H groups in total. The fourth-order valence-corrected chi connectivity index (χ4v) is 7.72. The van der Waals surface area contributed by atoms with Crippen LogP contribution in [0.1, 0.15) is 85.7 Å². The van der Waals surface area contributed by atoms with Gasteiger partial charge in [0.25, 0.3) is 0 Å². The van der Waals surface area contributed by atoms with Crippen LogP contribution in [-0.2, 0) is 9.59 Å². The number of pyridine rings is 2. The molecule has 0 unspecified atom stereocenters. The molecule has 2 aromatic heterocycles. The number of fused-ring (bicyclic) bond motifs is 2. The van der Waals surface area contributed by atoms with Crippen molar-refractivity contribution >= 4 is 45.9 Å². The summed E-state index contributed by atoms with van der Waals surface area (Å²) in [6, 6.07) is 28.2. The summed E-state index contributed by atoms with van der Waals surface area (Å²) < 4.78 is 27.2. The van der Waals surface area contributed by atoms with E-state index in [-0.39, 0.29) is 24.5 Å². The highest BCUT2D eigenvalue weighted by Crippen LogP contribution is 2.47. The number of para-hydroxylation sites is 2. The summed E-state index contributed by atoms with van der Waals surface area (Å²) in [5.41, 5.74) is 8.85. The molecule has 6 aromatic rings. The predicted molar refractivity (Wildman–Crippen MR) is 234 cm³/mol. The molecule has 320 valence electrons. The quantitative estimate of drug-likeness (QED) is 0.0550. The summed E-state index contributed by atoms with van der Waals surface area (Å²) >= 11 is 0. The first kappa shape index (κ1) is 43.9. The van der Waals surface area contributed by atoms with Gasteiger partial charge < -0.3 is 30.6 Å². The van der Waals surface area contributed by atoms with E-state index in [0.29, 0.717) is 11.8 Å². The molecule has 4 aromatic carbocycles. The zero-order valence-electron chi connectivity index (χ0n) is 33.8. The largest absolute Gasteiger partial charge is 0.481 e. The van der Waals surface area contributed by atoms with Crippen LogP contribution in [-0.4, -0.2) is 77.0 Å². The second-order valence-corrected chi connectivity index (χ2v) is 16.0. The highest BCUT2D eigenvalue weighted by atomic mass is 19.1. The molecule has 0 spiro atoms. The SMILES string of the molecule is O=C(O)C[C@H](O)C[C@H](O)/C=C/c1c(C2CC2)nc2ccccc2c1-c1ccc(F)cc1.O=C(O)C[C@H](O)C[C@H](O)/C=C/c1c(C2CC2)nc2ccccc2c1-c1ccc(F)cc1. The molecule has 0 amide bonds. The van der Waals surface area contributed by atoms with E-state index in [4.69, 9.17) is 20.2 Å². The van der Waals surface area contributed by atoms with E-state index >= 15 is 0 Å². The molecule has 62 heavy (non-hydrogen) atoms. The number of aromatic nitrogens is 2. The molecule has 2 fully saturated rings. The Bertz CT molecular complexity index is 2430.